The first kappa shape index (κ1) is 14.4. The Balaban J connectivity index is 2.01. The molecule has 0 N–H and O–H groups in total. The molecular weight excluding hydrogens is 293 g/mol. The number of halogens is 3. The van der Waals surface area contributed by atoms with Crippen LogP contribution in [-0.2, 0) is 11.0 Å². The summed E-state index contributed by atoms with van der Waals surface area (Å²) in [6, 6.07) is 10.3. The van der Waals surface area contributed by atoms with Crippen molar-refractivity contribution in [2.24, 2.45) is 0 Å². The van der Waals surface area contributed by atoms with Gasteiger partial charge in [-0.15, -0.1) is 0 Å². The molecule has 0 amide bonds. The quantitative estimate of drug-likeness (QED) is 0.771. The Bertz CT molecular complexity index is 761. The Morgan fingerprint density at radius 3 is 2.55 bits per heavy atom. The van der Waals surface area contributed by atoms with Crippen molar-refractivity contribution in [2.75, 3.05) is 6.61 Å². The number of aldehydes is 1. The highest BCUT2D eigenvalue weighted by atomic mass is 19.4. The van der Waals surface area contributed by atoms with Gasteiger partial charge in [0.2, 0.25) is 0 Å². The summed E-state index contributed by atoms with van der Waals surface area (Å²) >= 11 is 0. The Morgan fingerprint density at radius 1 is 1.05 bits per heavy atom. The monoisotopic (exact) mass is 304 g/mol. The predicted molar refractivity (Wildman–Crippen MR) is 76.4 cm³/mol. The first-order valence-corrected chi connectivity index (χ1v) is 6.57. The molecule has 112 valence electrons. The highest BCUT2D eigenvalue weighted by Crippen LogP contribution is 2.35. The number of carbonyl (C=O) groups is 1. The van der Waals surface area contributed by atoms with Crippen molar-refractivity contribution in [1.29, 1.82) is 0 Å². The van der Waals surface area contributed by atoms with E-state index in [9.17, 15) is 18.0 Å². The van der Waals surface area contributed by atoms with E-state index < -0.39 is 11.7 Å². The Labute approximate surface area is 124 Å². The molecule has 0 aliphatic carbocycles. The van der Waals surface area contributed by atoms with E-state index in [1.165, 1.54) is 6.07 Å². The molecule has 0 atom stereocenters. The molecule has 0 bridgehead atoms. The number of benzene rings is 2. The van der Waals surface area contributed by atoms with E-state index in [4.69, 9.17) is 4.74 Å². The summed E-state index contributed by atoms with van der Waals surface area (Å²) in [7, 11) is 0. The Morgan fingerprint density at radius 2 is 1.82 bits per heavy atom. The number of rotatable bonds is 2. The molecule has 0 unspecified atom stereocenters. The maximum Gasteiger partial charge on any atom is 0.416 e. The van der Waals surface area contributed by atoms with Gasteiger partial charge in [-0.2, -0.15) is 13.2 Å². The highest BCUT2D eigenvalue weighted by Gasteiger charge is 2.30. The maximum atomic E-state index is 12.8. The molecule has 2 aromatic carbocycles. The van der Waals surface area contributed by atoms with Gasteiger partial charge in [0.25, 0.3) is 0 Å². The molecule has 0 spiro atoms. The van der Waals surface area contributed by atoms with E-state index in [0.717, 1.165) is 24.0 Å². The standard InChI is InChI=1S/C17H11F3O2/c18-17(19,20)15-3-1-2-12(7-15)13-4-5-14-6-11(9-21)10-22-16(14)8-13/h1-9H,10H2. The average Bonchev–Trinajstić information content (AvgIpc) is 2.53. The predicted octanol–water partition coefficient (Wildman–Crippen LogP) is 4.35. The van der Waals surface area contributed by atoms with Gasteiger partial charge in [0.15, 0.2) is 0 Å². The van der Waals surface area contributed by atoms with Crippen LogP contribution in [0.5, 0.6) is 5.75 Å². The van der Waals surface area contributed by atoms with Crippen molar-refractivity contribution >= 4 is 12.4 Å². The lowest BCUT2D eigenvalue weighted by Crippen LogP contribution is -2.08. The number of hydrogen-bond acceptors (Lipinski definition) is 2. The van der Waals surface area contributed by atoms with E-state index in [1.54, 1.807) is 30.3 Å². The van der Waals surface area contributed by atoms with E-state index in [-0.39, 0.29) is 6.61 Å². The summed E-state index contributed by atoms with van der Waals surface area (Å²) in [4.78, 5) is 10.7. The highest BCUT2D eigenvalue weighted by molar-refractivity contribution is 5.85. The molecule has 5 heteroatoms. The number of hydrogen-bond donors (Lipinski definition) is 0. The number of alkyl halides is 3. The van der Waals surface area contributed by atoms with Crippen molar-refractivity contribution in [3.8, 4) is 16.9 Å². The van der Waals surface area contributed by atoms with Crippen LogP contribution in [0, 0.1) is 0 Å². The smallest absolute Gasteiger partial charge is 0.416 e. The van der Waals surface area contributed by atoms with Gasteiger partial charge < -0.3 is 4.74 Å². The van der Waals surface area contributed by atoms with Crippen LogP contribution in [0.15, 0.2) is 48.0 Å². The largest absolute Gasteiger partial charge is 0.488 e. The van der Waals surface area contributed by atoms with Crippen LogP contribution in [-0.4, -0.2) is 12.9 Å². The lowest BCUT2D eigenvalue weighted by Gasteiger charge is -2.16. The molecule has 0 radical (unpaired) electrons. The van der Waals surface area contributed by atoms with Gasteiger partial charge in [-0.3, -0.25) is 4.79 Å². The number of carbonyl (C=O) groups excluding carboxylic acids is 1. The fraction of sp³-hybridized carbons (Fsp3) is 0.118. The summed E-state index contributed by atoms with van der Waals surface area (Å²) in [5.41, 5.74) is 1.68. The van der Waals surface area contributed by atoms with Crippen molar-refractivity contribution < 1.29 is 22.7 Å². The van der Waals surface area contributed by atoms with Crippen LogP contribution in [0.2, 0.25) is 0 Å². The molecule has 0 saturated carbocycles. The molecular formula is C17H11F3O2. The van der Waals surface area contributed by atoms with Crippen molar-refractivity contribution in [3.63, 3.8) is 0 Å². The topological polar surface area (TPSA) is 26.3 Å². The molecule has 2 aromatic rings. The van der Waals surface area contributed by atoms with Crippen LogP contribution in [0.25, 0.3) is 17.2 Å². The summed E-state index contributed by atoms with van der Waals surface area (Å²) in [5.74, 6) is 0.556. The minimum Gasteiger partial charge on any atom is -0.488 e. The normalized spacial score (nSPS) is 13.9. The Kier molecular flexibility index (Phi) is 3.48. The van der Waals surface area contributed by atoms with Crippen LogP contribution in [0.4, 0.5) is 13.2 Å². The third-order valence-corrected chi connectivity index (χ3v) is 3.42. The number of fused-ring (bicyclic) bond motifs is 1. The number of ether oxygens (including phenoxy) is 1. The molecule has 1 aliphatic heterocycles. The first-order chi connectivity index (χ1) is 10.5. The third-order valence-electron chi connectivity index (χ3n) is 3.42. The van der Waals surface area contributed by atoms with Crippen molar-refractivity contribution in [1.82, 2.24) is 0 Å². The SMILES string of the molecule is O=CC1=Cc2ccc(-c3cccc(C(F)(F)F)c3)cc2OC1. The van der Waals surface area contributed by atoms with Gasteiger partial charge in [0, 0.05) is 11.1 Å². The molecule has 3 rings (SSSR count). The van der Waals surface area contributed by atoms with E-state index in [1.807, 2.05) is 0 Å². The second-order valence-corrected chi connectivity index (χ2v) is 4.96. The van der Waals surface area contributed by atoms with Crippen molar-refractivity contribution in [3.05, 3.63) is 59.2 Å². The van der Waals surface area contributed by atoms with Crippen molar-refractivity contribution in [2.45, 2.75) is 6.18 Å². The van der Waals surface area contributed by atoms with Crippen LogP contribution in [0.3, 0.4) is 0 Å². The minimum atomic E-state index is -4.37. The van der Waals surface area contributed by atoms with Gasteiger partial charge >= 0.3 is 6.18 Å². The van der Waals surface area contributed by atoms with Gasteiger partial charge in [-0.25, -0.2) is 0 Å². The molecule has 1 aliphatic rings. The average molecular weight is 304 g/mol. The van der Waals surface area contributed by atoms with Gasteiger partial charge in [0.05, 0.1) is 5.56 Å². The zero-order valence-electron chi connectivity index (χ0n) is 11.4. The van der Waals surface area contributed by atoms with E-state index >= 15 is 0 Å². The van der Waals surface area contributed by atoms with Crippen LogP contribution < -0.4 is 4.74 Å². The summed E-state index contributed by atoms with van der Waals surface area (Å²) in [5, 5.41) is 0. The lowest BCUT2D eigenvalue weighted by molar-refractivity contribution is -0.137. The summed E-state index contributed by atoms with van der Waals surface area (Å²) in [6.45, 7) is 0.169. The second kappa shape index (κ2) is 5.33. The summed E-state index contributed by atoms with van der Waals surface area (Å²) < 4.78 is 43.8. The molecule has 0 fully saturated rings. The Hall–Kier alpha value is -2.56. The molecule has 0 saturated heterocycles. The third kappa shape index (κ3) is 2.74. The van der Waals surface area contributed by atoms with E-state index in [0.29, 0.717) is 22.4 Å². The van der Waals surface area contributed by atoms with Gasteiger partial charge in [-0.1, -0.05) is 24.3 Å². The zero-order valence-corrected chi connectivity index (χ0v) is 11.4. The van der Waals surface area contributed by atoms with Gasteiger partial charge in [-0.05, 0) is 35.4 Å². The van der Waals surface area contributed by atoms with E-state index in [2.05, 4.69) is 0 Å². The zero-order chi connectivity index (χ0) is 15.7. The fourth-order valence-corrected chi connectivity index (χ4v) is 2.30. The maximum absolute atomic E-state index is 12.8. The molecule has 22 heavy (non-hydrogen) atoms. The van der Waals surface area contributed by atoms with Crippen LogP contribution in [0.1, 0.15) is 11.1 Å². The first-order valence-electron chi connectivity index (χ1n) is 6.57. The molecule has 2 nitrogen and oxygen atoms in total. The van der Waals surface area contributed by atoms with Gasteiger partial charge in [0.1, 0.15) is 18.6 Å². The summed E-state index contributed by atoms with van der Waals surface area (Å²) in [6.07, 6.45) is -1.94. The second-order valence-electron chi connectivity index (χ2n) is 4.96. The minimum absolute atomic E-state index is 0.169. The molecule has 0 aromatic heterocycles. The fourth-order valence-electron chi connectivity index (χ4n) is 2.30. The molecule has 1 heterocycles. The van der Waals surface area contributed by atoms with Crippen LogP contribution >= 0.6 is 0 Å². The lowest BCUT2D eigenvalue weighted by atomic mass is 9.99.